The molecule has 25 heavy (non-hydrogen) atoms. The molecule has 0 aliphatic carbocycles. The number of amides is 2. The first kappa shape index (κ1) is 17.4. The summed E-state index contributed by atoms with van der Waals surface area (Å²) in [6.07, 6.45) is 3.49. The molecule has 1 N–H and O–H groups in total. The van der Waals surface area contributed by atoms with Crippen LogP contribution in [0.4, 0.5) is 13.6 Å². The summed E-state index contributed by atoms with van der Waals surface area (Å²) >= 11 is 0. The number of likely N-dealkylation sites (tertiary alicyclic amines) is 1. The lowest BCUT2D eigenvalue weighted by Gasteiger charge is -2.33. The molecular formula is C18H22F2N4O. The van der Waals surface area contributed by atoms with E-state index in [1.54, 1.807) is 18.0 Å². The molecule has 1 saturated heterocycles. The number of hydrogen-bond acceptors (Lipinski definition) is 2. The van der Waals surface area contributed by atoms with Gasteiger partial charge in [0.15, 0.2) is 11.6 Å². The van der Waals surface area contributed by atoms with E-state index in [-0.39, 0.29) is 11.6 Å². The molecule has 1 aliphatic rings. The van der Waals surface area contributed by atoms with Gasteiger partial charge >= 0.3 is 6.03 Å². The lowest BCUT2D eigenvalue weighted by Crippen LogP contribution is -2.45. The fourth-order valence-corrected chi connectivity index (χ4v) is 3.37. The molecule has 0 unspecified atom stereocenters. The van der Waals surface area contributed by atoms with Crippen LogP contribution in [-0.4, -0.2) is 33.8 Å². The maximum Gasteiger partial charge on any atom is 0.317 e. The number of urea groups is 1. The van der Waals surface area contributed by atoms with Crippen molar-refractivity contribution in [3.05, 3.63) is 53.4 Å². The van der Waals surface area contributed by atoms with Crippen molar-refractivity contribution in [2.45, 2.75) is 31.7 Å². The fourth-order valence-electron chi connectivity index (χ4n) is 3.37. The van der Waals surface area contributed by atoms with Crippen molar-refractivity contribution >= 4 is 6.03 Å². The second-order valence-electron chi connectivity index (χ2n) is 6.46. The SMILES string of the molecule is C[C@@H](NC(=O)N1CCC(c2ccnn2C)CC1)c1cccc(F)c1F. The molecule has 3 rings (SSSR count). The Morgan fingerprint density at radius 3 is 2.64 bits per heavy atom. The molecule has 1 fully saturated rings. The Hall–Kier alpha value is -2.44. The van der Waals surface area contributed by atoms with Crippen molar-refractivity contribution in [1.29, 1.82) is 0 Å². The van der Waals surface area contributed by atoms with E-state index in [9.17, 15) is 13.6 Å². The largest absolute Gasteiger partial charge is 0.331 e. The average molecular weight is 348 g/mol. The van der Waals surface area contributed by atoms with Crippen LogP contribution in [0.15, 0.2) is 30.5 Å². The summed E-state index contributed by atoms with van der Waals surface area (Å²) in [4.78, 5) is 14.1. The monoisotopic (exact) mass is 348 g/mol. The van der Waals surface area contributed by atoms with Gasteiger partial charge in [0, 0.05) is 43.5 Å². The molecule has 134 valence electrons. The molecule has 2 aromatic rings. The molecule has 0 radical (unpaired) electrons. The van der Waals surface area contributed by atoms with Crippen molar-refractivity contribution < 1.29 is 13.6 Å². The summed E-state index contributed by atoms with van der Waals surface area (Å²) in [7, 11) is 1.92. The number of rotatable bonds is 3. The van der Waals surface area contributed by atoms with Gasteiger partial charge in [-0.3, -0.25) is 4.68 Å². The highest BCUT2D eigenvalue weighted by molar-refractivity contribution is 5.74. The highest BCUT2D eigenvalue weighted by Gasteiger charge is 2.26. The van der Waals surface area contributed by atoms with Crippen LogP contribution in [0.3, 0.4) is 0 Å². The number of aromatic nitrogens is 2. The summed E-state index contributed by atoms with van der Waals surface area (Å²) in [6.45, 7) is 2.90. The molecule has 2 heterocycles. The molecule has 1 aliphatic heterocycles. The Morgan fingerprint density at radius 1 is 1.28 bits per heavy atom. The van der Waals surface area contributed by atoms with Crippen LogP contribution in [0.2, 0.25) is 0 Å². The van der Waals surface area contributed by atoms with Crippen LogP contribution in [-0.2, 0) is 7.05 Å². The van der Waals surface area contributed by atoms with Crippen LogP contribution >= 0.6 is 0 Å². The number of piperidine rings is 1. The van der Waals surface area contributed by atoms with E-state index in [4.69, 9.17) is 0 Å². The predicted octanol–water partition coefficient (Wildman–Crippen LogP) is 3.35. The van der Waals surface area contributed by atoms with Gasteiger partial charge in [-0.25, -0.2) is 13.6 Å². The summed E-state index contributed by atoms with van der Waals surface area (Å²) in [6, 6.07) is 5.15. The van der Waals surface area contributed by atoms with Gasteiger partial charge < -0.3 is 10.2 Å². The number of nitrogens with zero attached hydrogens (tertiary/aromatic N) is 3. The van der Waals surface area contributed by atoms with Gasteiger partial charge in [0.2, 0.25) is 0 Å². The van der Waals surface area contributed by atoms with E-state index >= 15 is 0 Å². The van der Waals surface area contributed by atoms with Crippen molar-refractivity contribution in [2.75, 3.05) is 13.1 Å². The number of nitrogens with one attached hydrogen (secondary N) is 1. The van der Waals surface area contributed by atoms with E-state index in [1.807, 2.05) is 17.8 Å². The summed E-state index contributed by atoms with van der Waals surface area (Å²) in [5.41, 5.74) is 1.33. The lowest BCUT2D eigenvalue weighted by molar-refractivity contribution is 0.177. The Morgan fingerprint density at radius 2 is 2.00 bits per heavy atom. The van der Waals surface area contributed by atoms with E-state index in [1.165, 1.54) is 17.8 Å². The maximum atomic E-state index is 13.8. The molecule has 1 aromatic heterocycles. The van der Waals surface area contributed by atoms with E-state index in [2.05, 4.69) is 10.4 Å². The van der Waals surface area contributed by atoms with Crippen LogP contribution in [0.5, 0.6) is 0 Å². The molecule has 2 amide bonds. The fraction of sp³-hybridized carbons (Fsp3) is 0.444. The second kappa shape index (κ2) is 7.21. The highest BCUT2D eigenvalue weighted by atomic mass is 19.2. The normalized spacial score (nSPS) is 16.7. The molecule has 0 saturated carbocycles. The molecule has 1 aromatic carbocycles. The first-order valence-electron chi connectivity index (χ1n) is 8.44. The molecule has 5 nitrogen and oxygen atoms in total. The van der Waals surface area contributed by atoms with Crippen LogP contribution in [0.25, 0.3) is 0 Å². The topological polar surface area (TPSA) is 50.2 Å². The van der Waals surface area contributed by atoms with Gasteiger partial charge in [-0.1, -0.05) is 12.1 Å². The standard InChI is InChI=1S/C18H22F2N4O/c1-12(14-4-3-5-15(19)17(14)20)22-18(25)24-10-7-13(8-11-24)16-6-9-21-23(16)2/h3-6,9,12-13H,7-8,10-11H2,1-2H3,(H,22,25)/t12-/m1/s1. The summed E-state index contributed by atoms with van der Waals surface area (Å²) in [5.74, 6) is -1.43. The van der Waals surface area contributed by atoms with Gasteiger partial charge in [0.05, 0.1) is 6.04 Å². The van der Waals surface area contributed by atoms with Crippen molar-refractivity contribution in [3.63, 3.8) is 0 Å². The van der Waals surface area contributed by atoms with Crippen molar-refractivity contribution in [3.8, 4) is 0 Å². The Kier molecular flexibility index (Phi) is 5.01. The summed E-state index contributed by atoms with van der Waals surface area (Å²) in [5, 5.41) is 6.95. The van der Waals surface area contributed by atoms with Crippen LogP contribution in [0.1, 0.15) is 43.0 Å². The first-order chi connectivity index (χ1) is 12.0. The van der Waals surface area contributed by atoms with Crippen molar-refractivity contribution in [1.82, 2.24) is 20.0 Å². The number of carbonyl (C=O) groups excluding carboxylic acids is 1. The quantitative estimate of drug-likeness (QED) is 0.925. The number of aryl methyl sites for hydroxylation is 1. The van der Waals surface area contributed by atoms with Gasteiger partial charge in [-0.05, 0) is 31.9 Å². The smallest absolute Gasteiger partial charge is 0.317 e. The Labute approximate surface area is 145 Å². The number of hydrogen-bond donors (Lipinski definition) is 1. The van der Waals surface area contributed by atoms with Crippen LogP contribution in [0, 0.1) is 11.6 Å². The zero-order valence-corrected chi connectivity index (χ0v) is 14.4. The van der Waals surface area contributed by atoms with Gasteiger partial charge in [-0.2, -0.15) is 5.10 Å². The molecule has 7 heteroatoms. The molecule has 1 atom stereocenters. The van der Waals surface area contributed by atoms with Crippen molar-refractivity contribution in [2.24, 2.45) is 7.05 Å². The third kappa shape index (κ3) is 3.65. The number of benzene rings is 1. The van der Waals surface area contributed by atoms with E-state index in [0.717, 1.165) is 18.9 Å². The highest BCUT2D eigenvalue weighted by Crippen LogP contribution is 2.27. The zero-order valence-electron chi connectivity index (χ0n) is 14.4. The third-order valence-electron chi connectivity index (χ3n) is 4.85. The minimum absolute atomic E-state index is 0.151. The Bertz CT molecular complexity index is 753. The summed E-state index contributed by atoms with van der Waals surface area (Å²) < 4.78 is 29.0. The number of halogens is 2. The maximum absolute atomic E-state index is 13.8. The minimum atomic E-state index is -0.912. The zero-order chi connectivity index (χ0) is 18.0. The Balaban J connectivity index is 1.58. The van der Waals surface area contributed by atoms with E-state index < -0.39 is 17.7 Å². The average Bonchev–Trinajstić information content (AvgIpc) is 3.03. The first-order valence-corrected chi connectivity index (χ1v) is 8.44. The third-order valence-corrected chi connectivity index (χ3v) is 4.85. The van der Waals surface area contributed by atoms with Gasteiger partial charge in [-0.15, -0.1) is 0 Å². The molecular weight excluding hydrogens is 326 g/mol. The van der Waals surface area contributed by atoms with Crippen LogP contribution < -0.4 is 5.32 Å². The van der Waals surface area contributed by atoms with Gasteiger partial charge in [0.1, 0.15) is 0 Å². The minimum Gasteiger partial charge on any atom is -0.331 e. The van der Waals surface area contributed by atoms with Gasteiger partial charge in [0.25, 0.3) is 0 Å². The lowest BCUT2D eigenvalue weighted by atomic mass is 9.93. The number of carbonyl (C=O) groups is 1. The molecule has 0 spiro atoms. The predicted molar refractivity (Wildman–Crippen MR) is 90.1 cm³/mol. The molecule has 0 bridgehead atoms. The second-order valence-corrected chi connectivity index (χ2v) is 6.46. The van der Waals surface area contributed by atoms with E-state index in [0.29, 0.717) is 19.0 Å².